The molecule has 204 valence electrons. The van der Waals surface area contributed by atoms with E-state index in [2.05, 4.69) is 9.94 Å². The summed E-state index contributed by atoms with van der Waals surface area (Å²) in [6.45, 7) is -0.225. The van der Waals surface area contributed by atoms with Gasteiger partial charge in [-0.2, -0.15) is 18.3 Å². The number of aromatic nitrogens is 2. The predicted molar refractivity (Wildman–Crippen MR) is 134 cm³/mol. The number of carbonyl (C=O) groups is 1. The number of halogens is 3. The van der Waals surface area contributed by atoms with Gasteiger partial charge in [-0.25, -0.2) is 22.6 Å². The maximum atomic E-state index is 13.3. The summed E-state index contributed by atoms with van der Waals surface area (Å²) in [6.07, 6.45) is -5.91. The zero-order valence-electron chi connectivity index (χ0n) is 19.2. The van der Waals surface area contributed by atoms with Crippen molar-refractivity contribution in [2.24, 2.45) is 0 Å². The van der Waals surface area contributed by atoms with Crippen LogP contribution in [0.2, 0.25) is 0 Å². The lowest BCUT2D eigenvalue weighted by Crippen LogP contribution is -2.31. The highest BCUT2D eigenvalue weighted by molar-refractivity contribution is 8.76. The van der Waals surface area contributed by atoms with Gasteiger partial charge >= 0.3 is 12.3 Å². The minimum atomic E-state index is -4.69. The smallest absolute Gasteiger partial charge is 0.435 e. The summed E-state index contributed by atoms with van der Waals surface area (Å²) < 4.78 is 72.6. The van der Waals surface area contributed by atoms with Gasteiger partial charge in [-0.15, -0.1) is 10.1 Å². The number of nitrogens with one attached hydrogen (secondary N) is 1. The number of benzene rings is 2. The SMILES string of the molecule is O=C(NS(=O)(=O)c1ccc(-n2nc(C(F)(F)F)cc2-c2ccccc2)cc1)OCCSSCCO[N+](=O)[O-]. The van der Waals surface area contributed by atoms with Crippen LogP contribution in [0, 0.1) is 10.1 Å². The van der Waals surface area contributed by atoms with Gasteiger partial charge in [-0.1, -0.05) is 51.9 Å². The van der Waals surface area contributed by atoms with Crippen molar-refractivity contribution in [1.29, 1.82) is 0 Å². The number of amides is 1. The van der Waals surface area contributed by atoms with Crippen LogP contribution >= 0.6 is 21.6 Å². The number of ether oxygens (including phenoxy) is 1. The molecule has 0 spiro atoms. The van der Waals surface area contributed by atoms with Crippen molar-refractivity contribution < 1.29 is 41.0 Å². The monoisotopic (exact) mass is 592 g/mol. The molecule has 0 saturated heterocycles. The molecule has 1 amide bonds. The molecule has 1 heterocycles. The van der Waals surface area contributed by atoms with Crippen molar-refractivity contribution in [2.75, 3.05) is 24.7 Å². The summed E-state index contributed by atoms with van der Waals surface area (Å²) in [5.74, 6) is 0.615. The van der Waals surface area contributed by atoms with Crippen LogP contribution in [0.25, 0.3) is 16.9 Å². The summed E-state index contributed by atoms with van der Waals surface area (Å²) in [5, 5.41) is 12.8. The third-order valence-corrected chi connectivity index (χ3v) is 8.19. The van der Waals surface area contributed by atoms with E-state index < -0.39 is 33.1 Å². The highest BCUT2D eigenvalue weighted by Crippen LogP contribution is 2.33. The Morgan fingerprint density at radius 3 is 2.29 bits per heavy atom. The number of sulfonamides is 1. The lowest BCUT2D eigenvalue weighted by atomic mass is 10.1. The largest absolute Gasteiger partial charge is 0.448 e. The molecule has 0 radical (unpaired) electrons. The molecule has 0 bridgehead atoms. The van der Waals surface area contributed by atoms with Gasteiger partial charge < -0.3 is 9.57 Å². The molecule has 0 saturated carbocycles. The molecule has 0 unspecified atom stereocenters. The lowest BCUT2D eigenvalue weighted by Gasteiger charge is -2.10. The fraction of sp³-hybridized carbons (Fsp3) is 0.238. The first kappa shape index (κ1) is 29.1. The van der Waals surface area contributed by atoms with Crippen LogP contribution < -0.4 is 4.72 Å². The van der Waals surface area contributed by atoms with Gasteiger partial charge in [0.25, 0.3) is 15.1 Å². The second-order valence-electron chi connectivity index (χ2n) is 7.13. The Kier molecular flexibility index (Phi) is 9.87. The molecule has 3 rings (SSSR count). The number of nitrogens with zero attached hydrogens (tertiary/aromatic N) is 3. The minimum absolute atomic E-state index is 0.0967. The van der Waals surface area contributed by atoms with Crippen LogP contribution in [0.3, 0.4) is 0 Å². The van der Waals surface area contributed by atoms with E-state index in [0.717, 1.165) is 22.9 Å². The van der Waals surface area contributed by atoms with Crippen molar-refractivity contribution in [2.45, 2.75) is 11.1 Å². The van der Waals surface area contributed by atoms with Crippen molar-refractivity contribution >= 4 is 37.7 Å². The summed E-state index contributed by atoms with van der Waals surface area (Å²) in [6, 6.07) is 13.9. The first-order valence-electron chi connectivity index (χ1n) is 10.5. The number of hydrogen-bond acceptors (Lipinski definition) is 10. The number of carbonyl (C=O) groups excluding carboxylic acids is 1. The van der Waals surface area contributed by atoms with Crippen molar-refractivity contribution in [3.8, 4) is 16.9 Å². The molecule has 1 aromatic heterocycles. The van der Waals surface area contributed by atoms with Crippen molar-refractivity contribution in [1.82, 2.24) is 14.5 Å². The molecule has 0 aliphatic rings. The lowest BCUT2D eigenvalue weighted by molar-refractivity contribution is -0.756. The van der Waals surface area contributed by atoms with Crippen molar-refractivity contribution in [3.63, 3.8) is 0 Å². The van der Waals surface area contributed by atoms with Gasteiger partial charge in [-0.3, -0.25) is 0 Å². The van der Waals surface area contributed by atoms with Crippen LogP contribution in [-0.4, -0.2) is 54.1 Å². The Morgan fingerprint density at radius 2 is 1.68 bits per heavy atom. The van der Waals surface area contributed by atoms with Crippen LogP contribution in [0.5, 0.6) is 0 Å². The highest BCUT2D eigenvalue weighted by atomic mass is 33.1. The molecule has 17 heteroatoms. The van der Waals surface area contributed by atoms with E-state index in [1.807, 2.05) is 0 Å². The number of rotatable bonds is 12. The standard InChI is InChI=1S/C21H19F3N4O7S3/c22-21(23,24)19-14-18(15-4-2-1-3-5-15)27(25-19)16-6-8-17(9-7-16)38(32,33)26-20(29)34-10-12-36-37-13-11-35-28(30)31/h1-9,14H,10-13H2,(H,26,29). The normalized spacial score (nSPS) is 11.7. The fourth-order valence-corrected chi connectivity index (χ4v) is 5.46. The van der Waals surface area contributed by atoms with Gasteiger partial charge in [0, 0.05) is 17.1 Å². The Bertz CT molecular complexity index is 1350. The molecule has 11 nitrogen and oxygen atoms in total. The molecular weight excluding hydrogens is 573 g/mol. The molecule has 0 fully saturated rings. The Morgan fingerprint density at radius 1 is 1.05 bits per heavy atom. The van der Waals surface area contributed by atoms with E-state index in [-0.39, 0.29) is 29.5 Å². The van der Waals surface area contributed by atoms with Crippen LogP contribution in [-0.2, 0) is 25.8 Å². The summed E-state index contributed by atoms with van der Waals surface area (Å²) in [4.78, 5) is 25.7. The van der Waals surface area contributed by atoms with E-state index in [1.54, 1.807) is 35.1 Å². The van der Waals surface area contributed by atoms with Gasteiger partial charge in [0.15, 0.2) is 5.69 Å². The van der Waals surface area contributed by atoms with E-state index >= 15 is 0 Å². The Balaban J connectivity index is 1.62. The van der Waals surface area contributed by atoms with E-state index in [9.17, 15) is 36.5 Å². The average molecular weight is 593 g/mol. The van der Waals surface area contributed by atoms with Gasteiger partial charge in [-0.05, 0) is 30.3 Å². The molecule has 3 aromatic rings. The second-order valence-corrected chi connectivity index (χ2v) is 11.5. The summed E-state index contributed by atoms with van der Waals surface area (Å²) in [7, 11) is -1.84. The molecule has 0 atom stereocenters. The summed E-state index contributed by atoms with van der Waals surface area (Å²) in [5.41, 5.74) is -0.326. The first-order chi connectivity index (χ1) is 18.0. The second kappa shape index (κ2) is 12.9. The van der Waals surface area contributed by atoms with Crippen LogP contribution in [0.4, 0.5) is 18.0 Å². The van der Waals surface area contributed by atoms with Gasteiger partial charge in [0.2, 0.25) is 0 Å². The molecule has 2 aromatic carbocycles. The van der Waals surface area contributed by atoms with Gasteiger partial charge in [0.05, 0.1) is 16.3 Å². The van der Waals surface area contributed by atoms with E-state index in [0.29, 0.717) is 17.1 Å². The topological polar surface area (TPSA) is 143 Å². The summed E-state index contributed by atoms with van der Waals surface area (Å²) >= 11 is 0. The van der Waals surface area contributed by atoms with Crippen LogP contribution in [0.1, 0.15) is 5.69 Å². The molecule has 0 aliphatic carbocycles. The highest BCUT2D eigenvalue weighted by Gasteiger charge is 2.35. The van der Waals surface area contributed by atoms with E-state index in [1.165, 1.54) is 33.7 Å². The molecular formula is C21H19F3N4O7S3. The molecule has 1 N–H and O–H groups in total. The number of hydrogen-bond donors (Lipinski definition) is 1. The first-order valence-corrected chi connectivity index (χ1v) is 14.5. The zero-order valence-corrected chi connectivity index (χ0v) is 21.6. The van der Waals surface area contributed by atoms with E-state index in [4.69, 9.17) is 4.74 Å². The number of alkyl halides is 3. The Hall–Kier alpha value is -3.44. The minimum Gasteiger partial charge on any atom is -0.448 e. The van der Waals surface area contributed by atoms with Crippen molar-refractivity contribution in [3.05, 3.63) is 76.5 Å². The Labute approximate surface area is 222 Å². The zero-order chi connectivity index (χ0) is 27.8. The maximum Gasteiger partial charge on any atom is 0.435 e. The van der Waals surface area contributed by atoms with Crippen LogP contribution in [0.15, 0.2) is 65.6 Å². The predicted octanol–water partition coefficient (Wildman–Crippen LogP) is 4.56. The third-order valence-electron chi connectivity index (χ3n) is 4.53. The molecule has 38 heavy (non-hydrogen) atoms. The maximum absolute atomic E-state index is 13.3. The average Bonchev–Trinajstić information content (AvgIpc) is 3.32. The quantitative estimate of drug-likeness (QED) is 0.138. The fourth-order valence-electron chi connectivity index (χ4n) is 2.93. The molecule has 0 aliphatic heterocycles. The van der Waals surface area contributed by atoms with Gasteiger partial charge in [0.1, 0.15) is 13.2 Å². The third kappa shape index (κ3) is 8.29.